The van der Waals surface area contributed by atoms with Crippen molar-refractivity contribution in [3.8, 4) is 0 Å². The number of halogens is 1. The van der Waals surface area contributed by atoms with Crippen LogP contribution in [0.3, 0.4) is 0 Å². The van der Waals surface area contributed by atoms with Crippen LogP contribution in [0.5, 0.6) is 0 Å². The number of carbonyl (C=O) groups is 2. The van der Waals surface area contributed by atoms with Gasteiger partial charge in [-0.2, -0.15) is 0 Å². The second-order valence-corrected chi connectivity index (χ2v) is 8.66. The predicted octanol–water partition coefficient (Wildman–Crippen LogP) is 3.32. The summed E-state index contributed by atoms with van der Waals surface area (Å²) < 4.78 is 13.0. The molecule has 1 aromatic heterocycles. The van der Waals surface area contributed by atoms with E-state index in [1.165, 1.54) is 23.5 Å². The summed E-state index contributed by atoms with van der Waals surface area (Å²) >= 11 is 1.41. The fraction of sp³-hybridized carbons (Fsp3) is 0.261. The van der Waals surface area contributed by atoms with Crippen molar-refractivity contribution in [3.63, 3.8) is 0 Å². The first-order valence-corrected chi connectivity index (χ1v) is 10.9. The molecule has 2 amide bonds. The third-order valence-corrected chi connectivity index (χ3v) is 6.02. The van der Waals surface area contributed by atoms with Crippen LogP contribution < -0.4 is 10.6 Å². The van der Waals surface area contributed by atoms with Gasteiger partial charge in [0.1, 0.15) is 5.82 Å². The number of hydrogen-bond acceptors (Lipinski definition) is 5. The largest absolute Gasteiger partial charge is 0.348 e. The molecule has 0 radical (unpaired) electrons. The zero-order chi connectivity index (χ0) is 21.6. The topological polar surface area (TPSA) is 74.3 Å². The molecule has 8 heteroatoms. The number of hydrogen-bond donors (Lipinski definition) is 2. The average Bonchev–Trinajstić information content (AvgIpc) is 3.39. The smallest absolute Gasteiger partial charge is 0.251 e. The number of rotatable bonds is 7. The highest BCUT2D eigenvalue weighted by molar-refractivity contribution is 7.15. The Morgan fingerprint density at radius 1 is 1.13 bits per heavy atom. The van der Waals surface area contributed by atoms with E-state index >= 15 is 0 Å². The van der Waals surface area contributed by atoms with Crippen LogP contribution in [0.25, 0.3) is 0 Å². The van der Waals surface area contributed by atoms with E-state index in [1.54, 1.807) is 30.5 Å². The molecule has 1 saturated heterocycles. The molecule has 2 N–H and O–H groups in total. The highest BCUT2D eigenvalue weighted by atomic mass is 32.1. The van der Waals surface area contributed by atoms with Gasteiger partial charge in [-0.3, -0.25) is 14.5 Å². The molecule has 3 aromatic rings. The van der Waals surface area contributed by atoms with Crippen molar-refractivity contribution in [1.82, 2.24) is 15.2 Å². The van der Waals surface area contributed by atoms with Crippen LogP contribution in [0, 0.1) is 5.82 Å². The number of thiazole rings is 1. The van der Waals surface area contributed by atoms with Crippen molar-refractivity contribution < 1.29 is 14.0 Å². The number of amides is 2. The summed E-state index contributed by atoms with van der Waals surface area (Å²) in [6, 6.07) is 15.5. The van der Waals surface area contributed by atoms with Crippen molar-refractivity contribution in [1.29, 1.82) is 0 Å². The molecular weight excluding hydrogens is 415 g/mol. The molecule has 1 unspecified atom stereocenters. The fourth-order valence-corrected chi connectivity index (χ4v) is 4.43. The number of likely N-dealkylation sites (tertiary alicyclic amines) is 1. The molecule has 0 bridgehead atoms. The van der Waals surface area contributed by atoms with E-state index in [-0.39, 0.29) is 30.2 Å². The Labute approximate surface area is 184 Å². The standard InChI is InChI=1S/C23H23FN4O2S/c24-18-8-6-16(7-9-18)12-20-13-25-23(31-20)27-21(29)15-28-11-10-19(14-28)26-22(30)17-4-2-1-3-5-17/h1-9,13,19H,10-12,14-15H2,(H,26,30)(H,25,27,29). The zero-order valence-corrected chi connectivity index (χ0v) is 17.7. The Hall–Kier alpha value is -3.10. The number of nitrogens with zero attached hydrogens (tertiary/aromatic N) is 2. The average molecular weight is 439 g/mol. The minimum Gasteiger partial charge on any atom is -0.348 e. The molecule has 1 fully saturated rings. The molecule has 160 valence electrons. The maximum Gasteiger partial charge on any atom is 0.251 e. The van der Waals surface area contributed by atoms with Crippen LogP contribution in [0.4, 0.5) is 9.52 Å². The van der Waals surface area contributed by atoms with Gasteiger partial charge < -0.3 is 10.6 Å². The normalized spacial score (nSPS) is 16.2. The first-order valence-electron chi connectivity index (χ1n) is 10.1. The molecule has 1 aliphatic rings. The van der Waals surface area contributed by atoms with Gasteiger partial charge in [-0.05, 0) is 36.2 Å². The summed E-state index contributed by atoms with van der Waals surface area (Å²) in [5.41, 5.74) is 1.63. The van der Waals surface area contributed by atoms with Gasteiger partial charge >= 0.3 is 0 Å². The molecular formula is C23H23FN4O2S. The zero-order valence-electron chi connectivity index (χ0n) is 16.9. The molecule has 0 aliphatic carbocycles. The summed E-state index contributed by atoms with van der Waals surface area (Å²) in [5, 5.41) is 6.43. The molecule has 4 rings (SSSR count). The quantitative estimate of drug-likeness (QED) is 0.594. The number of aromatic nitrogens is 1. The van der Waals surface area contributed by atoms with Crippen LogP contribution in [0.1, 0.15) is 27.2 Å². The number of carbonyl (C=O) groups excluding carboxylic acids is 2. The van der Waals surface area contributed by atoms with Gasteiger partial charge in [0.2, 0.25) is 5.91 Å². The molecule has 1 aliphatic heterocycles. The third kappa shape index (κ3) is 5.96. The number of benzene rings is 2. The summed E-state index contributed by atoms with van der Waals surface area (Å²) in [5.74, 6) is -0.476. The van der Waals surface area contributed by atoms with Gasteiger partial charge in [0.15, 0.2) is 5.13 Å². The Bertz CT molecular complexity index is 1040. The van der Waals surface area contributed by atoms with Gasteiger partial charge in [0.05, 0.1) is 6.54 Å². The third-order valence-electron chi connectivity index (χ3n) is 5.10. The maximum absolute atomic E-state index is 13.0. The van der Waals surface area contributed by atoms with Crippen molar-refractivity contribution >= 4 is 28.3 Å². The Morgan fingerprint density at radius 3 is 2.68 bits per heavy atom. The second kappa shape index (κ2) is 9.80. The van der Waals surface area contributed by atoms with E-state index in [1.807, 2.05) is 23.1 Å². The monoisotopic (exact) mass is 438 g/mol. The van der Waals surface area contributed by atoms with E-state index in [0.29, 0.717) is 23.7 Å². The van der Waals surface area contributed by atoms with Crippen molar-refractivity contribution in [3.05, 3.63) is 82.6 Å². The van der Waals surface area contributed by atoms with E-state index < -0.39 is 0 Å². The SMILES string of the molecule is O=C(CN1CCC(NC(=O)c2ccccc2)C1)Nc1ncc(Cc2ccc(F)cc2)s1. The minimum atomic E-state index is -0.259. The highest BCUT2D eigenvalue weighted by Crippen LogP contribution is 2.21. The van der Waals surface area contributed by atoms with E-state index in [2.05, 4.69) is 15.6 Å². The number of anilines is 1. The van der Waals surface area contributed by atoms with Crippen LogP contribution in [-0.2, 0) is 11.2 Å². The van der Waals surface area contributed by atoms with Crippen molar-refractivity contribution in [2.24, 2.45) is 0 Å². The summed E-state index contributed by atoms with van der Waals surface area (Å²) in [7, 11) is 0. The van der Waals surface area contributed by atoms with Crippen LogP contribution >= 0.6 is 11.3 Å². The van der Waals surface area contributed by atoms with Gasteiger partial charge in [-0.15, -0.1) is 11.3 Å². The van der Waals surface area contributed by atoms with Crippen LogP contribution in [-0.4, -0.2) is 47.4 Å². The molecule has 0 spiro atoms. The first kappa shape index (κ1) is 21.1. The molecule has 6 nitrogen and oxygen atoms in total. The summed E-state index contributed by atoms with van der Waals surface area (Å²) in [6.07, 6.45) is 3.18. The van der Waals surface area contributed by atoms with Crippen molar-refractivity contribution in [2.45, 2.75) is 18.9 Å². The lowest BCUT2D eigenvalue weighted by molar-refractivity contribution is -0.117. The van der Waals surface area contributed by atoms with Crippen LogP contribution in [0.2, 0.25) is 0 Å². The van der Waals surface area contributed by atoms with Crippen LogP contribution in [0.15, 0.2) is 60.8 Å². The van der Waals surface area contributed by atoms with E-state index in [0.717, 1.165) is 23.4 Å². The molecule has 2 heterocycles. The van der Waals surface area contributed by atoms with Gasteiger partial charge in [-0.25, -0.2) is 9.37 Å². The fourth-order valence-electron chi connectivity index (χ4n) is 3.56. The van der Waals surface area contributed by atoms with Gasteiger partial charge in [0, 0.05) is 42.2 Å². The Morgan fingerprint density at radius 2 is 1.90 bits per heavy atom. The maximum atomic E-state index is 13.0. The minimum absolute atomic E-state index is 0.0303. The first-order chi connectivity index (χ1) is 15.0. The predicted molar refractivity (Wildman–Crippen MR) is 119 cm³/mol. The second-order valence-electron chi connectivity index (χ2n) is 7.54. The summed E-state index contributed by atoms with van der Waals surface area (Å²) in [4.78, 5) is 32.0. The highest BCUT2D eigenvalue weighted by Gasteiger charge is 2.25. The molecule has 0 saturated carbocycles. The van der Waals surface area contributed by atoms with Gasteiger partial charge in [0.25, 0.3) is 5.91 Å². The number of nitrogens with one attached hydrogen (secondary N) is 2. The van der Waals surface area contributed by atoms with E-state index in [9.17, 15) is 14.0 Å². The lowest BCUT2D eigenvalue weighted by atomic mass is 10.1. The lowest BCUT2D eigenvalue weighted by Gasteiger charge is -2.16. The molecule has 1 atom stereocenters. The van der Waals surface area contributed by atoms with Crippen molar-refractivity contribution in [2.75, 3.05) is 25.0 Å². The Kier molecular flexibility index (Phi) is 6.69. The molecule has 31 heavy (non-hydrogen) atoms. The lowest BCUT2D eigenvalue weighted by Crippen LogP contribution is -2.38. The van der Waals surface area contributed by atoms with E-state index in [4.69, 9.17) is 0 Å². The summed E-state index contributed by atoms with van der Waals surface area (Å²) in [6.45, 7) is 1.64. The van der Waals surface area contributed by atoms with Gasteiger partial charge in [-0.1, -0.05) is 30.3 Å². The molecule has 2 aromatic carbocycles. The Balaban J connectivity index is 1.23.